The first-order chi connectivity index (χ1) is 13.2. The van der Waals surface area contributed by atoms with Gasteiger partial charge in [-0.15, -0.1) is 0 Å². The third kappa shape index (κ3) is 4.72. The molecule has 0 saturated heterocycles. The van der Waals surface area contributed by atoms with Crippen LogP contribution in [0.25, 0.3) is 0 Å². The molecule has 0 aliphatic heterocycles. The number of esters is 1. The number of hydrogen-bond donors (Lipinski definition) is 1. The molecule has 136 valence electrons. The van der Waals surface area contributed by atoms with Gasteiger partial charge in [-0.2, -0.15) is 0 Å². The average Bonchev–Trinajstić information content (AvgIpc) is 2.74. The molecular weight excluding hydrogens is 336 g/mol. The van der Waals surface area contributed by atoms with E-state index < -0.39 is 18.0 Å². The molecule has 3 aromatic carbocycles. The number of aliphatic hydroxyl groups excluding tert-OH is 1. The molecule has 0 heterocycles. The van der Waals surface area contributed by atoms with E-state index in [0.29, 0.717) is 0 Å². The standard InChI is InChI=1S/C24H22O3/c1-18(24(26)27-17-19-11-5-2-6-12-19)22(20-13-7-3-8-14-20)23(25)21-15-9-4-10-16-21/h2-16,22-23,25H,1,17H2/t22-,23+/m0/s1. The molecule has 0 fully saturated rings. The third-order valence-corrected chi connectivity index (χ3v) is 4.47. The molecule has 0 radical (unpaired) electrons. The van der Waals surface area contributed by atoms with Gasteiger partial charge in [0, 0.05) is 11.5 Å². The van der Waals surface area contributed by atoms with Gasteiger partial charge in [0.25, 0.3) is 0 Å². The lowest BCUT2D eigenvalue weighted by molar-refractivity contribution is -0.141. The summed E-state index contributed by atoms with van der Waals surface area (Å²) in [5, 5.41) is 11.0. The van der Waals surface area contributed by atoms with Crippen LogP contribution in [-0.4, -0.2) is 11.1 Å². The minimum absolute atomic E-state index is 0.168. The summed E-state index contributed by atoms with van der Waals surface area (Å²) in [6, 6.07) is 28.2. The van der Waals surface area contributed by atoms with Gasteiger partial charge in [-0.05, 0) is 16.7 Å². The highest BCUT2D eigenvalue weighted by molar-refractivity contribution is 5.89. The van der Waals surface area contributed by atoms with Gasteiger partial charge < -0.3 is 9.84 Å². The van der Waals surface area contributed by atoms with E-state index in [4.69, 9.17) is 4.74 Å². The summed E-state index contributed by atoms with van der Waals surface area (Å²) < 4.78 is 5.43. The molecule has 3 heteroatoms. The van der Waals surface area contributed by atoms with Crippen LogP contribution in [-0.2, 0) is 16.1 Å². The second-order valence-electron chi connectivity index (χ2n) is 6.33. The lowest BCUT2D eigenvalue weighted by atomic mass is 9.84. The highest BCUT2D eigenvalue weighted by Crippen LogP contribution is 2.36. The Balaban J connectivity index is 1.81. The zero-order chi connectivity index (χ0) is 19.1. The summed E-state index contributed by atoms with van der Waals surface area (Å²) in [6.07, 6.45) is -0.898. The van der Waals surface area contributed by atoms with E-state index >= 15 is 0 Å². The second kappa shape index (κ2) is 8.97. The van der Waals surface area contributed by atoms with E-state index in [1.54, 1.807) is 0 Å². The van der Waals surface area contributed by atoms with Crippen molar-refractivity contribution in [2.45, 2.75) is 18.6 Å². The van der Waals surface area contributed by atoms with Crippen LogP contribution >= 0.6 is 0 Å². The van der Waals surface area contributed by atoms with Crippen LogP contribution in [0.1, 0.15) is 28.7 Å². The molecule has 0 unspecified atom stereocenters. The maximum absolute atomic E-state index is 12.6. The van der Waals surface area contributed by atoms with Gasteiger partial charge in [0.1, 0.15) is 6.61 Å². The van der Waals surface area contributed by atoms with Crippen LogP contribution in [0.3, 0.4) is 0 Å². The van der Waals surface area contributed by atoms with E-state index in [-0.39, 0.29) is 12.2 Å². The first-order valence-electron chi connectivity index (χ1n) is 8.84. The molecule has 0 amide bonds. The summed E-state index contributed by atoms with van der Waals surface area (Å²) in [5.41, 5.74) is 2.67. The Morgan fingerprint density at radius 1 is 0.815 bits per heavy atom. The molecule has 0 bridgehead atoms. The van der Waals surface area contributed by atoms with Gasteiger partial charge in [-0.1, -0.05) is 97.6 Å². The van der Waals surface area contributed by atoms with Gasteiger partial charge >= 0.3 is 5.97 Å². The van der Waals surface area contributed by atoms with E-state index in [2.05, 4.69) is 6.58 Å². The topological polar surface area (TPSA) is 46.5 Å². The summed E-state index contributed by atoms with van der Waals surface area (Å²) >= 11 is 0. The van der Waals surface area contributed by atoms with Crippen molar-refractivity contribution in [2.75, 3.05) is 0 Å². The van der Waals surface area contributed by atoms with Crippen LogP contribution in [0.15, 0.2) is 103 Å². The van der Waals surface area contributed by atoms with Gasteiger partial charge in [-0.25, -0.2) is 4.79 Å². The van der Waals surface area contributed by atoms with Crippen LogP contribution in [0, 0.1) is 0 Å². The summed E-state index contributed by atoms with van der Waals surface area (Å²) in [6.45, 7) is 4.12. The number of benzene rings is 3. The SMILES string of the molecule is C=C(C(=O)OCc1ccccc1)[C@@H](c1ccccc1)[C@H](O)c1ccccc1. The fraction of sp³-hybridized carbons (Fsp3) is 0.125. The Morgan fingerprint density at radius 2 is 1.30 bits per heavy atom. The van der Waals surface area contributed by atoms with Gasteiger partial charge in [0.15, 0.2) is 0 Å². The predicted octanol–water partition coefficient (Wildman–Crippen LogP) is 4.80. The molecule has 0 aromatic heterocycles. The summed E-state index contributed by atoms with van der Waals surface area (Å²) in [5.74, 6) is -1.10. The number of rotatable bonds is 7. The van der Waals surface area contributed by atoms with Crippen molar-refractivity contribution in [2.24, 2.45) is 0 Å². The molecule has 2 atom stereocenters. The molecule has 0 spiro atoms. The normalized spacial score (nSPS) is 12.8. The molecule has 0 aliphatic carbocycles. The summed E-state index contributed by atoms with van der Waals surface area (Å²) in [7, 11) is 0. The molecule has 0 saturated carbocycles. The van der Waals surface area contributed by atoms with Gasteiger partial charge in [-0.3, -0.25) is 0 Å². The molecule has 27 heavy (non-hydrogen) atoms. The van der Waals surface area contributed by atoms with Crippen molar-refractivity contribution in [3.05, 3.63) is 120 Å². The maximum atomic E-state index is 12.6. The van der Waals surface area contributed by atoms with Crippen LogP contribution in [0.4, 0.5) is 0 Å². The van der Waals surface area contributed by atoms with E-state index in [0.717, 1.165) is 16.7 Å². The van der Waals surface area contributed by atoms with Crippen molar-refractivity contribution in [1.82, 2.24) is 0 Å². The number of aliphatic hydroxyl groups is 1. The Morgan fingerprint density at radius 3 is 1.85 bits per heavy atom. The number of ether oxygens (including phenoxy) is 1. The molecule has 0 aliphatic rings. The largest absolute Gasteiger partial charge is 0.457 e. The Hall–Kier alpha value is -3.17. The number of hydrogen-bond acceptors (Lipinski definition) is 3. The highest BCUT2D eigenvalue weighted by atomic mass is 16.5. The number of carbonyl (C=O) groups excluding carboxylic acids is 1. The number of carbonyl (C=O) groups is 1. The van der Waals surface area contributed by atoms with E-state index in [9.17, 15) is 9.90 Å². The highest BCUT2D eigenvalue weighted by Gasteiger charge is 2.30. The minimum Gasteiger partial charge on any atom is -0.457 e. The van der Waals surface area contributed by atoms with Crippen molar-refractivity contribution < 1.29 is 14.6 Å². The van der Waals surface area contributed by atoms with Crippen molar-refractivity contribution >= 4 is 5.97 Å². The monoisotopic (exact) mass is 358 g/mol. The minimum atomic E-state index is -0.898. The van der Waals surface area contributed by atoms with Crippen molar-refractivity contribution in [3.8, 4) is 0 Å². The summed E-state index contributed by atoms with van der Waals surface area (Å²) in [4.78, 5) is 12.6. The third-order valence-electron chi connectivity index (χ3n) is 4.47. The molecular formula is C24H22O3. The second-order valence-corrected chi connectivity index (χ2v) is 6.33. The van der Waals surface area contributed by atoms with Crippen LogP contribution in [0.5, 0.6) is 0 Å². The van der Waals surface area contributed by atoms with E-state index in [1.165, 1.54) is 0 Å². The lowest BCUT2D eigenvalue weighted by Crippen LogP contribution is -2.20. The van der Waals surface area contributed by atoms with Crippen LogP contribution in [0.2, 0.25) is 0 Å². The van der Waals surface area contributed by atoms with Gasteiger partial charge in [0.05, 0.1) is 6.10 Å². The fourth-order valence-electron chi connectivity index (χ4n) is 3.02. The van der Waals surface area contributed by atoms with Crippen LogP contribution < -0.4 is 0 Å². The smallest absolute Gasteiger partial charge is 0.334 e. The lowest BCUT2D eigenvalue weighted by Gasteiger charge is -2.25. The molecule has 3 aromatic rings. The zero-order valence-electron chi connectivity index (χ0n) is 15.0. The first-order valence-corrected chi connectivity index (χ1v) is 8.84. The Labute approximate surface area is 159 Å². The molecule has 3 nitrogen and oxygen atoms in total. The molecule has 3 rings (SSSR count). The molecule has 1 N–H and O–H groups in total. The zero-order valence-corrected chi connectivity index (χ0v) is 15.0. The Kier molecular flexibility index (Phi) is 6.18. The predicted molar refractivity (Wildman–Crippen MR) is 106 cm³/mol. The van der Waals surface area contributed by atoms with Crippen molar-refractivity contribution in [3.63, 3.8) is 0 Å². The quantitative estimate of drug-likeness (QED) is 0.487. The fourth-order valence-corrected chi connectivity index (χ4v) is 3.02. The average molecular weight is 358 g/mol. The van der Waals surface area contributed by atoms with E-state index in [1.807, 2.05) is 91.0 Å². The Bertz CT molecular complexity index is 873. The maximum Gasteiger partial charge on any atom is 0.334 e. The first kappa shape index (κ1) is 18.6. The van der Waals surface area contributed by atoms with Gasteiger partial charge in [0.2, 0.25) is 0 Å². The van der Waals surface area contributed by atoms with Crippen molar-refractivity contribution in [1.29, 1.82) is 0 Å².